The van der Waals surface area contributed by atoms with E-state index in [-0.39, 0.29) is 17.9 Å². The molecule has 0 radical (unpaired) electrons. The second kappa shape index (κ2) is 9.65. The number of hydrazone groups is 1. The molecule has 0 spiro atoms. The van der Waals surface area contributed by atoms with Crippen LogP contribution in [0.25, 0.3) is 6.08 Å². The van der Waals surface area contributed by atoms with Gasteiger partial charge in [0.2, 0.25) is 0 Å². The zero-order chi connectivity index (χ0) is 23.7. The lowest BCUT2D eigenvalue weighted by Crippen LogP contribution is -2.32. The normalized spacial score (nSPS) is 20.7. The third kappa shape index (κ3) is 4.36. The highest BCUT2D eigenvalue weighted by atomic mass is 35.5. The summed E-state index contributed by atoms with van der Waals surface area (Å²) in [6.07, 6.45) is 5.07. The molecule has 0 saturated heterocycles. The smallest absolute Gasteiger partial charge is 0.278 e. The molecule has 0 aromatic heterocycles. The summed E-state index contributed by atoms with van der Waals surface area (Å²) in [5, 5.41) is 7.97. The second-order valence-corrected chi connectivity index (χ2v) is 9.42. The average Bonchev–Trinajstić information content (AvgIpc) is 3.26. The highest BCUT2D eigenvalue weighted by Crippen LogP contribution is 2.45. The quantitative estimate of drug-likeness (QED) is 0.381. The summed E-state index contributed by atoms with van der Waals surface area (Å²) in [6, 6.07) is 22.6. The van der Waals surface area contributed by atoms with Crippen LogP contribution in [-0.4, -0.2) is 23.7 Å². The molecule has 2 atom stereocenters. The van der Waals surface area contributed by atoms with Crippen LogP contribution in [0.3, 0.4) is 0 Å². The van der Waals surface area contributed by atoms with E-state index < -0.39 is 0 Å². The first-order valence-electron chi connectivity index (χ1n) is 11.3. The summed E-state index contributed by atoms with van der Waals surface area (Å²) in [7, 11) is 1.57. The van der Waals surface area contributed by atoms with E-state index in [4.69, 9.17) is 33.0 Å². The highest BCUT2D eigenvalue weighted by molar-refractivity contribution is 6.30. The Bertz CT molecular complexity index is 1270. The predicted octanol–water partition coefficient (Wildman–Crippen LogP) is 7.44. The standard InChI is InChI=1S/C28H24Cl2N2O2/c1-34-25-8-3-2-6-23(25)28(33)32-27(19-11-15-22(30)16-12-19)24-7-4-5-20(26(24)31-32)17-18-9-13-21(29)14-10-18/h2-3,6,8-17,24,27H,4-5,7H2,1H3/b20-17+/t24-,27+/m1/s1. The van der Waals surface area contributed by atoms with Crippen molar-refractivity contribution in [1.82, 2.24) is 5.01 Å². The van der Waals surface area contributed by atoms with Crippen molar-refractivity contribution < 1.29 is 9.53 Å². The van der Waals surface area contributed by atoms with Crippen LogP contribution in [0.5, 0.6) is 5.75 Å². The number of carbonyl (C=O) groups is 1. The topological polar surface area (TPSA) is 41.9 Å². The minimum absolute atomic E-state index is 0.104. The third-order valence-corrected chi connectivity index (χ3v) is 6.97. The van der Waals surface area contributed by atoms with Gasteiger partial charge in [-0.15, -0.1) is 0 Å². The third-order valence-electron chi connectivity index (χ3n) is 6.47. The van der Waals surface area contributed by atoms with Crippen LogP contribution in [0.15, 0.2) is 83.5 Å². The van der Waals surface area contributed by atoms with Gasteiger partial charge in [-0.1, -0.05) is 59.6 Å². The maximum absolute atomic E-state index is 13.8. The minimum Gasteiger partial charge on any atom is -0.496 e. The number of methoxy groups -OCH3 is 1. The van der Waals surface area contributed by atoms with Crippen molar-refractivity contribution in [3.63, 3.8) is 0 Å². The monoisotopic (exact) mass is 490 g/mol. The van der Waals surface area contributed by atoms with Crippen LogP contribution in [0.4, 0.5) is 0 Å². The number of allylic oxidation sites excluding steroid dienone is 1. The number of halogens is 2. The Kier molecular flexibility index (Phi) is 6.44. The van der Waals surface area contributed by atoms with E-state index in [2.05, 4.69) is 6.08 Å². The molecule has 0 bridgehead atoms. The number of amides is 1. The van der Waals surface area contributed by atoms with Gasteiger partial charge in [-0.25, -0.2) is 5.01 Å². The number of carbonyl (C=O) groups excluding carboxylic acids is 1. The molecule has 1 aliphatic heterocycles. The van der Waals surface area contributed by atoms with Crippen molar-refractivity contribution >= 4 is 40.9 Å². The maximum atomic E-state index is 13.8. The lowest BCUT2D eigenvalue weighted by atomic mass is 9.77. The minimum atomic E-state index is -0.210. The van der Waals surface area contributed by atoms with Gasteiger partial charge < -0.3 is 4.74 Å². The summed E-state index contributed by atoms with van der Waals surface area (Å²) < 4.78 is 5.48. The molecule has 0 N–H and O–H groups in total. The molecule has 1 saturated carbocycles. The Balaban J connectivity index is 1.59. The molecule has 1 heterocycles. The van der Waals surface area contributed by atoms with Crippen LogP contribution in [0.1, 0.15) is 46.8 Å². The molecule has 2 aliphatic rings. The van der Waals surface area contributed by atoms with Gasteiger partial charge in [0, 0.05) is 16.0 Å². The van der Waals surface area contributed by atoms with Crippen LogP contribution >= 0.6 is 23.2 Å². The van der Waals surface area contributed by atoms with Gasteiger partial charge in [0.1, 0.15) is 5.75 Å². The molecule has 172 valence electrons. The number of rotatable bonds is 4. The largest absolute Gasteiger partial charge is 0.496 e. The van der Waals surface area contributed by atoms with E-state index in [0.29, 0.717) is 21.4 Å². The van der Waals surface area contributed by atoms with Crippen molar-refractivity contribution in [3.8, 4) is 5.75 Å². The fraction of sp³-hybridized carbons (Fsp3) is 0.214. The Morgan fingerprint density at radius 1 is 1.00 bits per heavy atom. The molecule has 3 aromatic rings. The van der Waals surface area contributed by atoms with Gasteiger partial charge in [-0.05, 0) is 78.4 Å². The van der Waals surface area contributed by atoms with Gasteiger partial charge in [-0.2, -0.15) is 5.10 Å². The zero-order valence-corrected chi connectivity index (χ0v) is 20.3. The number of para-hydroxylation sites is 1. The highest BCUT2D eigenvalue weighted by Gasteiger charge is 2.44. The van der Waals surface area contributed by atoms with Crippen molar-refractivity contribution in [2.45, 2.75) is 25.3 Å². The van der Waals surface area contributed by atoms with Crippen molar-refractivity contribution in [2.75, 3.05) is 7.11 Å². The Morgan fingerprint density at radius 2 is 1.68 bits per heavy atom. The first-order valence-corrected chi connectivity index (χ1v) is 12.1. The fourth-order valence-electron chi connectivity index (χ4n) is 4.87. The number of fused-ring (bicyclic) bond motifs is 1. The molecular formula is C28H24Cl2N2O2. The zero-order valence-electron chi connectivity index (χ0n) is 18.7. The van der Waals surface area contributed by atoms with Gasteiger partial charge >= 0.3 is 0 Å². The predicted molar refractivity (Wildman–Crippen MR) is 138 cm³/mol. The number of benzene rings is 3. The average molecular weight is 491 g/mol. The summed E-state index contributed by atoms with van der Waals surface area (Å²) in [4.78, 5) is 13.8. The van der Waals surface area contributed by atoms with Crippen LogP contribution in [-0.2, 0) is 0 Å². The van der Waals surface area contributed by atoms with Gasteiger partial charge in [0.25, 0.3) is 5.91 Å². The molecule has 4 nitrogen and oxygen atoms in total. The molecular weight excluding hydrogens is 467 g/mol. The molecule has 3 aromatic carbocycles. The number of nitrogens with zero attached hydrogens (tertiary/aromatic N) is 2. The lowest BCUT2D eigenvalue weighted by Gasteiger charge is -2.30. The van der Waals surface area contributed by atoms with E-state index in [0.717, 1.165) is 41.7 Å². The second-order valence-electron chi connectivity index (χ2n) is 8.55. The molecule has 6 heteroatoms. The Hall–Kier alpha value is -3.08. The van der Waals surface area contributed by atoms with Crippen LogP contribution < -0.4 is 4.74 Å². The Morgan fingerprint density at radius 3 is 2.38 bits per heavy atom. The van der Waals surface area contributed by atoms with Gasteiger partial charge in [-0.3, -0.25) is 4.79 Å². The molecule has 5 rings (SSSR count). The summed E-state index contributed by atoms with van der Waals surface area (Å²) in [5.41, 5.74) is 4.72. The Labute approximate surface area is 209 Å². The van der Waals surface area contributed by atoms with Gasteiger partial charge in [0.15, 0.2) is 0 Å². The first-order chi connectivity index (χ1) is 16.5. The number of hydrogen-bond donors (Lipinski definition) is 0. The summed E-state index contributed by atoms with van der Waals surface area (Å²) in [6.45, 7) is 0. The number of ether oxygens (including phenoxy) is 1. The van der Waals surface area contributed by atoms with E-state index >= 15 is 0 Å². The van der Waals surface area contributed by atoms with E-state index in [1.54, 1.807) is 24.3 Å². The van der Waals surface area contributed by atoms with Crippen LogP contribution in [0.2, 0.25) is 10.0 Å². The van der Waals surface area contributed by atoms with E-state index in [9.17, 15) is 4.79 Å². The van der Waals surface area contributed by atoms with Gasteiger partial charge in [0.05, 0.1) is 24.4 Å². The fourth-order valence-corrected chi connectivity index (χ4v) is 5.12. The van der Waals surface area contributed by atoms with Crippen LogP contribution in [0, 0.1) is 5.92 Å². The maximum Gasteiger partial charge on any atom is 0.278 e. The molecule has 1 fully saturated rings. The molecule has 34 heavy (non-hydrogen) atoms. The molecule has 1 amide bonds. The summed E-state index contributed by atoms with van der Waals surface area (Å²) in [5.74, 6) is 0.464. The van der Waals surface area contributed by atoms with E-state index in [1.807, 2.05) is 60.7 Å². The first kappa shape index (κ1) is 22.7. The SMILES string of the molecule is COc1ccccc1C(=O)N1N=C2/C(=C/c3ccc(Cl)cc3)CCC[C@H]2[C@@H]1c1ccc(Cl)cc1. The van der Waals surface area contributed by atoms with Crippen molar-refractivity contribution in [2.24, 2.45) is 11.0 Å². The number of hydrogen-bond acceptors (Lipinski definition) is 3. The molecule has 1 aliphatic carbocycles. The summed E-state index contributed by atoms with van der Waals surface area (Å²) >= 11 is 12.2. The van der Waals surface area contributed by atoms with Crippen molar-refractivity contribution in [3.05, 3.63) is 105 Å². The lowest BCUT2D eigenvalue weighted by molar-refractivity contribution is 0.0677. The molecule has 0 unspecified atom stereocenters. The van der Waals surface area contributed by atoms with E-state index in [1.165, 1.54) is 0 Å². The van der Waals surface area contributed by atoms with Crippen molar-refractivity contribution in [1.29, 1.82) is 0 Å².